The second-order valence-electron chi connectivity index (χ2n) is 24.6. The van der Waals surface area contributed by atoms with Crippen LogP contribution in [-0.4, -0.2) is 61.7 Å². The number of aromatic hydroxyl groups is 3. The average molecular weight is 1130 g/mol. The Kier molecular flexibility index (Phi) is 29.3. The molecule has 0 radical (unpaired) electrons. The lowest BCUT2D eigenvalue weighted by atomic mass is 9.89. The number of aromatic carboxylic acids is 1. The normalized spacial score (nSPS) is 11.1. The molecule has 0 atom stereocenters. The van der Waals surface area contributed by atoms with Gasteiger partial charge in [0.25, 0.3) is 0 Å². The van der Waals surface area contributed by atoms with E-state index in [1.54, 1.807) is 25.1 Å². The van der Waals surface area contributed by atoms with E-state index in [-0.39, 0.29) is 82.2 Å². The molecule has 82 heavy (non-hydrogen) atoms. The summed E-state index contributed by atoms with van der Waals surface area (Å²) in [6, 6.07) is 18.3. The second-order valence-corrected chi connectivity index (χ2v) is 24.6. The molecule has 11 nitrogen and oxygen atoms in total. The van der Waals surface area contributed by atoms with E-state index in [1.807, 2.05) is 153 Å². The van der Waals surface area contributed by atoms with Gasteiger partial charge < -0.3 is 29.9 Å². The molecular weight excluding hydrogens is 1030 g/mol. The zero-order chi connectivity index (χ0) is 63.7. The minimum Gasteiger partial charge on any atom is -0.508 e. The molecule has 4 N–H and O–H groups in total. The summed E-state index contributed by atoms with van der Waals surface area (Å²) in [5.74, 6) is 2.43. The van der Waals surface area contributed by atoms with E-state index in [1.165, 1.54) is 11.1 Å². The number of hydrogen-bond donors (Lipinski definition) is 4. The number of ether oxygens (including phenoxy) is 2. The van der Waals surface area contributed by atoms with Gasteiger partial charge in [0.1, 0.15) is 28.7 Å². The fraction of sp³-hybridized carbons (Fsp3) is 0.507. The average Bonchev–Trinajstić information content (AvgIpc) is 3.43. The molecule has 0 saturated carbocycles. The van der Waals surface area contributed by atoms with Gasteiger partial charge in [-0.05, 0) is 197 Å². The Balaban J connectivity index is 0.000000513. The Labute approximate surface area is 493 Å². The van der Waals surface area contributed by atoms with Gasteiger partial charge in [0.2, 0.25) is 0 Å². The van der Waals surface area contributed by atoms with Crippen LogP contribution in [0.2, 0.25) is 0 Å². The fourth-order valence-corrected chi connectivity index (χ4v) is 8.90. The van der Waals surface area contributed by atoms with Crippen LogP contribution in [0.1, 0.15) is 282 Å². The molecule has 0 heterocycles. The van der Waals surface area contributed by atoms with Crippen molar-refractivity contribution in [2.24, 2.45) is 17.8 Å². The molecule has 11 heteroatoms. The molecule has 5 aromatic rings. The fourth-order valence-electron chi connectivity index (χ4n) is 8.90. The van der Waals surface area contributed by atoms with Crippen molar-refractivity contribution in [3.05, 3.63) is 144 Å². The monoisotopic (exact) mass is 1130 g/mol. The third-order valence-electron chi connectivity index (χ3n) is 13.6. The third kappa shape index (κ3) is 21.5. The largest absolute Gasteiger partial charge is 0.508 e. The van der Waals surface area contributed by atoms with E-state index in [0.29, 0.717) is 57.1 Å². The first-order valence-electron chi connectivity index (χ1n) is 29.2. The summed E-state index contributed by atoms with van der Waals surface area (Å²) in [5.41, 5.74) is 12.7. The molecular formula is C71H102O11. The van der Waals surface area contributed by atoms with Crippen LogP contribution < -0.4 is 9.47 Å². The van der Waals surface area contributed by atoms with E-state index in [9.17, 15) is 44.4 Å². The van der Waals surface area contributed by atoms with Crippen LogP contribution in [0.5, 0.6) is 28.7 Å². The summed E-state index contributed by atoms with van der Waals surface area (Å²) in [4.78, 5) is 58.7. The van der Waals surface area contributed by atoms with Crippen molar-refractivity contribution in [3.63, 3.8) is 0 Å². The number of Topliss-reactive ketones (excluding diaryl/α,β-unsaturated/α-hetero) is 4. The molecule has 452 valence electrons. The zero-order valence-corrected chi connectivity index (χ0v) is 54.7. The molecule has 5 aromatic carbocycles. The third-order valence-corrected chi connectivity index (χ3v) is 13.6. The van der Waals surface area contributed by atoms with Crippen molar-refractivity contribution in [3.8, 4) is 28.7 Å². The molecule has 0 fully saturated rings. The van der Waals surface area contributed by atoms with E-state index in [0.717, 1.165) is 44.5 Å². The lowest BCUT2D eigenvalue weighted by Crippen LogP contribution is -2.11. The summed E-state index contributed by atoms with van der Waals surface area (Å²) in [6.07, 6.45) is 0.123. The predicted molar refractivity (Wildman–Crippen MR) is 337 cm³/mol. The maximum absolute atomic E-state index is 12.0. The Morgan fingerprint density at radius 3 is 1.17 bits per heavy atom. The summed E-state index contributed by atoms with van der Waals surface area (Å²) < 4.78 is 11.3. The van der Waals surface area contributed by atoms with E-state index >= 15 is 0 Å². The highest BCUT2D eigenvalue weighted by atomic mass is 16.5. The first-order chi connectivity index (χ1) is 37.7. The number of rotatable bonds is 17. The number of carboxylic acids is 1. The summed E-state index contributed by atoms with van der Waals surface area (Å²) in [6.45, 7) is 50.9. The van der Waals surface area contributed by atoms with Crippen LogP contribution in [-0.2, 0) is 0 Å². The Hall–Kier alpha value is -6.75. The van der Waals surface area contributed by atoms with Gasteiger partial charge in [-0.15, -0.1) is 0 Å². The number of aryl methyl sites for hydroxylation is 5. The number of phenolic OH excluding ortho intramolecular Hbond substituents is 3. The Bertz CT molecular complexity index is 2980. The highest BCUT2D eigenvalue weighted by Crippen LogP contribution is 2.34. The Morgan fingerprint density at radius 1 is 0.354 bits per heavy atom. The molecule has 0 aliphatic carbocycles. The van der Waals surface area contributed by atoms with Gasteiger partial charge in [-0.2, -0.15) is 0 Å². The van der Waals surface area contributed by atoms with Crippen LogP contribution in [0.15, 0.2) is 60.7 Å². The molecule has 0 bridgehead atoms. The molecule has 0 unspecified atom stereocenters. The van der Waals surface area contributed by atoms with Crippen molar-refractivity contribution in [1.29, 1.82) is 0 Å². The highest BCUT2D eigenvalue weighted by molar-refractivity contribution is 6.01. The first-order valence-corrected chi connectivity index (χ1v) is 29.2. The Morgan fingerprint density at radius 2 is 0.756 bits per heavy atom. The van der Waals surface area contributed by atoms with Gasteiger partial charge >= 0.3 is 5.97 Å². The maximum atomic E-state index is 12.0. The minimum absolute atomic E-state index is 0.000556. The predicted octanol–water partition coefficient (Wildman–Crippen LogP) is 18.7. The molecule has 0 aliphatic heterocycles. The lowest BCUT2D eigenvalue weighted by molar-refractivity contribution is 0.0693. The van der Waals surface area contributed by atoms with Crippen LogP contribution in [0.25, 0.3) is 0 Å². The van der Waals surface area contributed by atoms with Crippen molar-refractivity contribution in [2.75, 3.05) is 0 Å². The van der Waals surface area contributed by atoms with Crippen molar-refractivity contribution in [1.82, 2.24) is 0 Å². The molecule has 5 rings (SSSR count). The molecule has 0 aliphatic rings. The van der Waals surface area contributed by atoms with Gasteiger partial charge in [0.15, 0.2) is 23.1 Å². The van der Waals surface area contributed by atoms with Crippen molar-refractivity contribution >= 4 is 29.1 Å². The van der Waals surface area contributed by atoms with Crippen LogP contribution in [0.3, 0.4) is 0 Å². The van der Waals surface area contributed by atoms with Gasteiger partial charge in [-0.1, -0.05) is 129 Å². The standard InChI is InChI=1S/C15H22O2.C14H20O3.3C14H20O2/c1-9(2)13-8-14(12(6)16)15(7-11(13)5)17-10(3)4;1-8(2)11-6-10(5)13(17-9(3)4)7-12(11)14(15)16;1-8(2)11-7-12(14(16)9(3)4)13(15)6-10(11)5;1-8(2)11-6-10(5)13(15)7-12(11)14(16)9(3)4;1-8(2)11-6-10(5)14(16)12(7-11)13(15)9(3)4/h7-10H,1-6H3;6-9H,1-5H3,(H,15,16);2*6-9,15H,1-5H3;6-9,16H,1-5H3. The van der Waals surface area contributed by atoms with Crippen LogP contribution in [0, 0.1) is 52.4 Å². The SMILES string of the molecule is CC(=O)c1cc(C(C)C)c(C)cc1OC(C)C.Cc1cc(C(C)C)c(C(=O)C(C)C)cc1O.Cc1cc(C(C)C)c(C(=O)O)cc1OC(C)C.Cc1cc(C(C)C)cc(C(=O)C(C)C)c1O.Cc1cc(O)c(C(=O)C(C)C)cc1C(C)C. The highest BCUT2D eigenvalue weighted by Gasteiger charge is 2.22. The van der Waals surface area contributed by atoms with Crippen LogP contribution >= 0.6 is 0 Å². The number of carbonyl (C=O) groups excluding carboxylic acids is 4. The number of benzene rings is 5. The first kappa shape index (κ1) is 73.3. The summed E-state index contributed by atoms with van der Waals surface area (Å²) >= 11 is 0. The van der Waals surface area contributed by atoms with Crippen molar-refractivity contribution in [2.45, 2.75) is 222 Å². The number of carboxylic acid groups (broad SMARTS) is 1. The van der Waals surface area contributed by atoms with Crippen molar-refractivity contribution < 1.29 is 53.9 Å². The summed E-state index contributed by atoms with van der Waals surface area (Å²) in [5, 5.41) is 38.6. The quantitative estimate of drug-likeness (QED) is 0.0650. The van der Waals surface area contributed by atoms with Gasteiger partial charge in [-0.25, -0.2) is 4.79 Å². The number of phenols is 3. The van der Waals surface area contributed by atoms with Gasteiger partial charge in [0, 0.05) is 23.3 Å². The number of hydrogen-bond acceptors (Lipinski definition) is 10. The van der Waals surface area contributed by atoms with Gasteiger partial charge in [0.05, 0.1) is 34.5 Å². The molecule has 0 amide bonds. The smallest absolute Gasteiger partial charge is 0.336 e. The van der Waals surface area contributed by atoms with E-state index in [2.05, 4.69) is 62.3 Å². The zero-order valence-electron chi connectivity index (χ0n) is 54.7. The lowest BCUT2D eigenvalue weighted by Gasteiger charge is -2.17. The second kappa shape index (κ2) is 32.8. The molecule has 0 spiro atoms. The van der Waals surface area contributed by atoms with E-state index < -0.39 is 5.97 Å². The van der Waals surface area contributed by atoms with E-state index in [4.69, 9.17) is 9.47 Å². The number of carbonyl (C=O) groups is 5. The molecule has 0 saturated heterocycles. The number of ketones is 4. The molecule has 0 aromatic heterocycles. The van der Waals surface area contributed by atoms with Crippen LogP contribution in [0.4, 0.5) is 0 Å². The topological polar surface area (TPSA) is 185 Å². The summed E-state index contributed by atoms with van der Waals surface area (Å²) in [7, 11) is 0. The maximum Gasteiger partial charge on any atom is 0.336 e. The minimum atomic E-state index is -0.901. The van der Waals surface area contributed by atoms with Gasteiger partial charge in [-0.3, -0.25) is 19.2 Å².